The van der Waals surface area contributed by atoms with Crippen molar-refractivity contribution in [3.63, 3.8) is 0 Å². The minimum atomic E-state index is -0.358. The molecule has 1 heterocycles. The highest BCUT2D eigenvalue weighted by Gasteiger charge is 2.24. The lowest BCUT2D eigenvalue weighted by atomic mass is 9.89. The number of esters is 1. The van der Waals surface area contributed by atoms with Gasteiger partial charge in [-0.1, -0.05) is 40.2 Å². The van der Waals surface area contributed by atoms with Gasteiger partial charge in [-0.25, -0.2) is 4.79 Å². The molecule has 0 bridgehead atoms. The number of benzene rings is 2. The molecule has 0 aliphatic carbocycles. The quantitative estimate of drug-likeness (QED) is 0.793. The van der Waals surface area contributed by atoms with Gasteiger partial charge in [-0.05, 0) is 42.7 Å². The van der Waals surface area contributed by atoms with Crippen LogP contribution in [0.1, 0.15) is 29.7 Å². The maximum Gasteiger partial charge on any atom is 0.344 e. The number of ether oxygens (including phenoxy) is 2. The molecule has 4 nitrogen and oxygen atoms in total. The summed E-state index contributed by atoms with van der Waals surface area (Å²) in [5.74, 6) is 0.337. The van der Waals surface area contributed by atoms with Gasteiger partial charge in [0.15, 0.2) is 6.61 Å². The summed E-state index contributed by atoms with van der Waals surface area (Å²) in [6.07, 6.45) is 1.01. The zero-order chi connectivity index (χ0) is 16.9. The zero-order valence-electron chi connectivity index (χ0n) is 13.5. The SMILES string of the molecule is CCOC(=O)COc1ccc(Br)cc1C1NCCc2ccccc21. The van der Waals surface area contributed by atoms with Crippen molar-refractivity contribution in [2.24, 2.45) is 0 Å². The second kappa shape index (κ2) is 7.81. The van der Waals surface area contributed by atoms with Gasteiger partial charge in [-0.15, -0.1) is 0 Å². The van der Waals surface area contributed by atoms with Gasteiger partial charge in [-0.3, -0.25) is 0 Å². The molecule has 1 aliphatic rings. The molecule has 0 aromatic heterocycles. The van der Waals surface area contributed by atoms with Gasteiger partial charge < -0.3 is 14.8 Å². The van der Waals surface area contributed by atoms with E-state index in [0.717, 1.165) is 23.0 Å². The molecule has 24 heavy (non-hydrogen) atoms. The maximum atomic E-state index is 11.6. The molecule has 0 saturated carbocycles. The predicted octanol–water partition coefficient (Wildman–Crippen LogP) is 3.63. The van der Waals surface area contributed by atoms with Crippen LogP contribution in [0.4, 0.5) is 0 Å². The third kappa shape index (κ3) is 3.79. The van der Waals surface area contributed by atoms with Crippen molar-refractivity contribution in [1.82, 2.24) is 5.32 Å². The zero-order valence-corrected chi connectivity index (χ0v) is 15.1. The minimum Gasteiger partial charge on any atom is -0.482 e. The summed E-state index contributed by atoms with van der Waals surface area (Å²) in [5, 5.41) is 3.55. The van der Waals surface area contributed by atoms with Gasteiger partial charge >= 0.3 is 5.97 Å². The molecule has 0 saturated heterocycles. The Morgan fingerprint density at radius 2 is 2.08 bits per heavy atom. The first-order valence-electron chi connectivity index (χ1n) is 8.08. The Balaban J connectivity index is 1.90. The first-order valence-corrected chi connectivity index (χ1v) is 8.87. The summed E-state index contributed by atoms with van der Waals surface area (Å²) < 4.78 is 11.7. The first-order chi connectivity index (χ1) is 11.7. The van der Waals surface area contributed by atoms with E-state index >= 15 is 0 Å². The van der Waals surface area contributed by atoms with Crippen molar-refractivity contribution < 1.29 is 14.3 Å². The molecule has 5 heteroatoms. The van der Waals surface area contributed by atoms with Crippen LogP contribution in [0.25, 0.3) is 0 Å². The van der Waals surface area contributed by atoms with Crippen LogP contribution in [0.15, 0.2) is 46.9 Å². The third-order valence-electron chi connectivity index (χ3n) is 4.04. The molecule has 2 aromatic rings. The van der Waals surface area contributed by atoms with Gasteiger partial charge in [0.25, 0.3) is 0 Å². The van der Waals surface area contributed by atoms with E-state index in [2.05, 4.69) is 45.5 Å². The van der Waals surface area contributed by atoms with E-state index in [1.807, 2.05) is 18.2 Å². The summed E-state index contributed by atoms with van der Waals surface area (Å²) in [6, 6.07) is 14.3. The fraction of sp³-hybridized carbons (Fsp3) is 0.316. The maximum absolute atomic E-state index is 11.6. The molecule has 0 fully saturated rings. The van der Waals surface area contributed by atoms with Gasteiger partial charge in [0, 0.05) is 16.6 Å². The second-order valence-electron chi connectivity index (χ2n) is 5.61. The highest BCUT2D eigenvalue weighted by atomic mass is 79.9. The van der Waals surface area contributed by atoms with Crippen LogP contribution < -0.4 is 10.1 Å². The van der Waals surface area contributed by atoms with E-state index < -0.39 is 0 Å². The standard InChI is InChI=1S/C19H20BrNO3/c1-2-23-18(22)12-24-17-8-7-14(20)11-16(17)19-15-6-4-3-5-13(15)9-10-21-19/h3-8,11,19,21H,2,9-10,12H2,1H3. The molecule has 1 atom stereocenters. The highest BCUT2D eigenvalue weighted by molar-refractivity contribution is 9.10. The van der Waals surface area contributed by atoms with Gasteiger partial charge in [0.2, 0.25) is 0 Å². The second-order valence-corrected chi connectivity index (χ2v) is 6.53. The number of nitrogens with one attached hydrogen (secondary N) is 1. The lowest BCUT2D eigenvalue weighted by Gasteiger charge is -2.28. The molecule has 1 N–H and O–H groups in total. The Labute approximate surface area is 150 Å². The monoisotopic (exact) mass is 389 g/mol. The molecule has 0 amide bonds. The number of carbonyl (C=O) groups is 1. The van der Waals surface area contributed by atoms with Gasteiger partial charge in [-0.2, -0.15) is 0 Å². The molecular formula is C19H20BrNO3. The molecule has 2 aromatic carbocycles. The fourth-order valence-electron chi connectivity index (χ4n) is 3.00. The number of hydrogen-bond donors (Lipinski definition) is 1. The summed E-state index contributed by atoms with van der Waals surface area (Å²) in [6.45, 7) is 2.96. The van der Waals surface area contributed by atoms with Crippen LogP contribution in [0.3, 0.4) is 0 Å². The lowest BCUT2D eigenvalue weighted by molar-refractivity contribution is -0.145. The topological polar surface area (TPSA) is 47.6 Å². The number of halogens is 1. The van der Waals surface area contributed by atoms with Crippen molar-refractivity contribution >= 4 is 21.9 Å². The molecule has 1 unspecified atom stereocenters. The molecule has 0 radical (unpaired) electrons. The average Bonchev–Trinajstić information content (AvgIpc) is 2.60. The molecular weight excluding hydrogens is 370 g/mol. The third-order valence-corrected chi connectivity index (χ3v) is 4.54. The number of fused-ring (bicyclic) bond motifs is 1. The Morgan fingerprint density at radius 3 is 2.92 bits per heavy atom. The van der Waals surface area contributed by atoms with E-state index in [1.165, 1.54) is 11.1 Å². The Kier molecular flexibility index (Phi) is 5.53. The number of hydrogen-bond acceptors (Lipinski definition) is 4. The van der Waals surface area contributed by atoms with Crippen LogP contribution in [-0.2, 0) is 16.0 Å². The van der Waals surface area contributed by atoms with E-state index in [-0.39, 0.29) is 18.6 Å². The van der Waals surface area contributed by atoms with Crippen molar-refractivity contribution in [3.8, 4) is 5.75 Å². The predicted molar refractivity (Wildman–Crippen MR) is 96.3 cm³/mol. The average molecular weight is 390 g/mol. The Bertz CT molecular complexity index is 732. The summed E-state index contributed by atoms with van der Waals surface area (Å²) in [4.78, 5) is 11.6. The largest absolute Gasteiger partial charge is 0.482 e. The van der Waals surface area contributed by atoms with Gasteiger partial charge in [0.05, 0.1) is 12.6 Å². The van der Waals surface area contributed by atoms with Crippen LogP contribution in [-0.4, -0.2) is 25.7 Å². The van der Waals surface area contributed by atoms with Gasteiger partial charge in [0.1, 0.15) is 5.75 Å². The molecule has 0 spiro atoms. The summed E-state index contributed by atoms with van der Waals surface area (Å²) in [5.41, 5.74) is 3.61. The van der Waals surface area contributed by atoms with Crippen LogP contribution in [0, 0.1) is 0 Å². The van der Waals surface area contributed by atoms with Crippen LogP contribution in [0.2, 0.25) is 0 Å². The normalized spacial score (nSPS) is 16.3. The highest BCUT2D eigenvalue weighted by Crippen LogP contribution is 2.35. The van der Waals surface area contributed by atoms with E-state index in [4.69, 9.17) is 9.47 Å². The van der Waals surface area contributed by atoms with Crippen LogP contribution in [0.5, 0.6) is 5.75 Å². The first kappa shape index (κ1) is 17.0. The van der Waals surface area contributed by atoms with E-state index in [1.54, 1.807) is 6.92 Å². The van der Waals surface area contributed by atoms with Crippen molar-refractivity contribution in [2.75, 3.05) is 19.8 Å². The lowest BCUT2D eigenvalue weighted by Crippen LogP contribution is -2.31. The summed E-state index contributed by atoms with van der Waals surface area (Å²) in [7, 11) is 0. The van der Waals surface area contributed by atoms with Crippen molar-refractivity contribution in [1.29, 1.82) is 0 Å². The van der Waals surface area contributed by atoms with Crippen molar-refractivity contribution in [3.05, 3.63) is 63.6 Å². The number of rotatable bonds is 5. The Morgan fingerprint density at radius 1 is 1.25 bits per heavy atom. The number of carbonyl (C=O) groups excluding carboxylic acids is 1. The minimum absolute atomic E-state index is 0.0460. The Hall–Kier alpha value is -1.85. The van der Waals surface area contributed by atoms with E-state index in [0.29, 0.717) is 12.4 Å². The molecule has 126 valence electrons. The smallest absolute Gasteiger partial charge is 0.344 e. The van der Waals surface area contributed by atoms with E-state index in [9.17, 15) is 4.79 Å². The summed E-state index contributed by atoms with van der Waals surface area (Å²) >= 11 is 3.53. The van der Waals surface area contributed by atoms with Crippen molar-refractivity contribution in [2.45, 2.75) is 19.4 Å². The molecule has 3 rings (SSSR count). The van der Waals surface area contributed by atoms with Crippen LogP contribution >= 0.6 is 15.9 Å². The fourth-order valence-corrected chi connectivity index (χ4v) is 3.38. The molecule has 1 aliphatic heterocycles.